The molecule has 0 saturated heterocycles. The van der Waals surface area contributed by atoms with Crippen molar-refractivity contribution in [3.8, 4) is 11.8 Å². The molecule has 2 rings (SSSR count). The number of nitrogens with zero attached hydrogens (tertiary/aromatic N) is 2. The van der Waals surface area contributed by atoms with Crippen molar-refractivity contribution in [2.45, 2.75) is 13.5 Å². The Balaban J connectivity index is 2.09. The van der Waals surface area contributed by atoms with Crippen LogP contribution in [0.15, 0.2) is 23.6 Å². The van der Waals surface area contributed by atoms with Crippen LogP contribution in [0, 0.1) is 18.3 Å². The van der Waals surface area contributed by atoms with Gasteiger partial charge in [-0.15, -0.1) is 11.3 Å². The van der Waals surface area contributed by atoms with Crippen LogP contribution in [0.3, 0.4) is 0 Å². The number of nitriles is 1. The normalized spacial score (nSPS) is 9.89. The second-order valence-electron chi connectivity index (χ2n) is 3.83. The summed E-state index contributed by atoms with van der Waals surface area (Å²) >= 11 is 1.06. The van der Waals surface area contributed by atoms with Crippen LogP contribution in [0.25, 0.3) is 0 Å². The lowest BCUT2D eigenvalue weighted by Crippen LogP contribution is -2.00. The zero-order valence-electron chi connectivity index (χ0n) is 10.1. The van der Waals surface area contributed by atoms with E-state index in [2.05, 4.69) is 4.98 Å². The number of carboxylic acid groups (broad SMARTS) is 1. The Hall–Kier alpha value is -2.39. The van der Waals surface area contributed by atoms with Crippen LogP contribution >= 0.6 is 11.3 Å². The summed E-state index contributed by atoms with van der Waals surface area (Å²) in [7, 11) is 0. The molecule has 6 heteroatoms. The minimum absolute atomic E-state index is 0.0427. The highest BCUT2D eigenvalue weighted by Crippen LogP contribution is 2.21. The van der Waals surface area contributed by atoms with Gasteiger partial charge in [-0.25, -0.2) is 9.78 Å². The number of ether oxygens (including phenoxy) is 1. The number of aromatic nitrogens is 1. The maximum Gasteiger partial charge on any atom is 0.365 e. The minimum Gasteiger partial charge on any atom is -0.487 e. The Bertz CT molecular complexity index is 658. The van der Waals surface area contributed by atoms with E-state index in [1.54, 1.807) is 23.6 Å². The first-order valence-corrected chi connectivity index (χ1v) is 6.29. The van der Waals surface area contributed by atoms with Gasteiger partial charge in [-0.05, 0) is 24.6 Å². The van der Waals surface area contributed by atoms with Crippen LogP contribution in [-0.4, -0.2) is 16.1 Å². The van der Waals surface area contributed by atoms with Crippen molar-refractivity contribution >= 4 is 17.3 Å². The predicted octanol–water partition coefficient (Wildman–Crippen LogP) is 2.60. The average molecular weight is 274 g/mol. The molecular formula is C13H10N2O3S. The number of aromatic carboxylic acids is 1. The molecule has 0 spiro atoms. The smallest absolute Gasteiger partial charge is 0.365 e. The van der Waals surface area contributed by atoms with Gasteiger partial charge in [0.05, 0.1) is 17.3 Å². The number of thiazole rings is 1. The second kappa shape index (κ2) is 5.50. The molecule has 96 valence electrons. The van der Waals surface area contributed by atoms with Gasteiger partial charge in [-0.3, -0.25) is 0 Å². The van der Waals surface area contributed by atoms with Gasteiger partial charge in [0, 0.05) is 5.38 Å². The molecule has 1 aromatic carbocycles. The third-order valence-corrected chi connectivity index (χ3v) is 3.31. The van der Waals surface area contributed by atoms with Gasteiger partial charge in [-0.1, -0.05) is 6.07 Å². The Morgan fingerprint density at radius 1 is 1.58 bits per heavy atom. The molecule has 0 fully saturated rings. The Kier molecular flexibility index (Phi) is 3.78. The first kappa shape index (κ1) is 13.1. The number of rotatable bonds is 4. The highest BCUT2D eigenvalue weighted by Gasteiger charge is 2.09. The SMILES string of the molecule is Cc1ccc(C#N)cc1OCc1csc(C(=O)O)n1. The molecule has 0 bridgehead atoms. The molecule has 0 unspecified atom stereocenters. The standard InChI is InChI=1S/C13H10N2O3S/c1-8-2-3-9(5-14)4-11(8)18-6-10-7-19-12(15-10)13(16)17/h2-4,7H,6H2,1H3,(H,16,17). The number of aryl methyl sites for hydroxylation is 1. The van der Waals surface area contributed by atoms with Gasteiger partial charge in [-0.2, -0.15) is 5.26 Å². The molecule has 0 aliphatic carbocycles. The fraction of sp³-hybridized carbons (Fsp3) is 0.154. The lowest BCUT2D eigenvalue weighted by atomic mass is 10.1. The van der Waals surface area contributed by atoms with Crippen molar-refractivity contribution in [1.29, 1.82) is 5.26 Å². The van der Waals surface area contributed by atoms with Crippen LogP contribution in [0.5, 0.6) is 5.75 Å². The van der Waals surface area contributed by atoms with E-state index in [4.69, 9.17) is 15.1 Å². The quantitative estimate of drug-likeness (QED) is 0.926. The lowest BCUT2D eigenvalue weighted by Gasteiger charge is -2.07. The number of hydrogen-bond acceptors (Lipinski definition) is 5. The fourth-order valence-corrected chi connectivity index (χ4v) is 2.09. The van der Waals surface area contributed by atoms with Crippen LogP contribution in [0.4, 0.5) is 0 Å². The van der Waals surface area contributed by atoms with Crippen molar-refractivity contribution in [3.05, 3.63) is 45.4 Å². The molecule has 0 aliphatic heterocycles. The van der Waals surface area contributed by atoms with Gasteiger partial charge in [0.1, 0.15) is 12.4 Å². The van der Waals surface area contributed by atoms with E-state index in [0.29, 0.717) is 17.0 Å². The van der Waals surface area contributed by atoms with Gasteiger partial charge in [0.15, 0.2) is 0 Å². The molecule has 0 aliphatic rings. The van der Waals surface area contributed by atoms with Crippen molar-refractivity contribution in [1.82, 2.24) is 4.98 Å². The van der Waals surface area contributed by atoms with Crippen molar-refractivity contribution in [2.24, 2.45) is 0 Å². The van der Waals surface area contributed by atoms with Crippen LogP contribution in [-0.2, 0) is 6.61 Å². The lowest BCUT2D eigenvalue weighted by molar-refractivity contribution is 0.0696. The maximum absolute atomic E-state index is 10.7. The van der Waals surface area contributed by atoms with E-state index in [-0.39, 0.29) is 11.6 Å². The third kappa shape index (κ3) is 3.09. The third-order valence-electron chi connectivity index (χ3n) is 2.43. The van der Waals surface area contributed by atoms with Crippen molar-refractivity contribution < 1.29 is 14.6 Å². The summed E-state index contributed by atoms with van der Waals surface area (Å²) in [5.41, 5.74) is 1.99. The summed E-state index contributed by atoms with van der Waals surface area (Å²) in [6.45, 7) is 2.06. The first-order valence-electron chi connectivity index (χ1n) is 5.41. The highest BCUT2D eigenvalue weighted by atomic mass is 32.1. The van der Waals surface area contributed by atoms with Crippen molar-refractivity contribution in [3.63, 3.8) is 0 Å². The number of hydrogen-bond donors (Lipinski definition) is 1. The second-order valence-corrected chi connectivity index (χ2v) is 4.69. The van der Waals surface area contributed by atoms with Gasteiger partial charge >= 0.3 is 5.97 Å². The summed E-state index contributed by atoms with van der Waals surface area (Å²) in [6, 6.07) is 7.21. The molecule has 0 radical (unpaired) electrons. The summed E-state index contributed by atoms with van der Waals surface area (Å²) in [6.07, 6.45) is 0. The van der Waals surface area contributed by atoms with E-state index < -0.39 is 5.97 Å². The molecule has 0 atom stereocenters. The molecule has 0 amide bonds. The van der Waals surface area contributed by atoms with Gasteiger partial charge < -0.3 is 9.84 Å². The minimum atomic E-state index is -1.04. The number of carboxylic acids is 1. The van der Waals surface area contributed by atoms with E-state index in [1.165, 1.54) is 0 Å². The largest absolute Gasteiger partial charge is 0.487 e. The molecule has 5 nitrogen and oxygen atoms in total. The molecule has 1 aromatic heterocycles. The number of carbonyl (C=O) groups is 1. The van der Waals surface area contributed by atoms with Gasteiger partial charge in [0.2, 0.25) is 5.01 Å². The fourth-order valence-electron chi connectivity index (χ4n) is 1.45. The molecule has 2 aromatic rings. The number of benzene rings is 1. The first-order chi connectivity index (χ1) is 9.10. The van der Waals surface area contributed by atoms with Crippen LogP contribution < -0.4 is 4.74 Å². The molecule has 1 heterocycles. The Labute approximate surface area is 113 Å². The zero-order chi connectivity index (χ0) is 13.8. The topological polar surface area (TPSA) is 83.2 Å². The van der Waals surface area contributed by atoms with Crippen molar-refractivity contribution in [2.75, 3.05) is 0 Å². The molecule has 1 N–H and O–H groups in total. The Morgan fingerprint density at radius 2 is 2.37 bits per heavy atom. The monoisotopic (exact) mass is 274 g/mol. The zero-order valence-corrected chi connectivity index (χ0v) is 10.9. The summed E-state index contributed by atoms with van der Waals surface area (Å²) in [5, 5.41) is 19.3. The highest BCUT2D eigenvalue weighted by molar-refractivity contribution is 7.11. The maximum atomic E-state index is 10.7. The van der Waals surface area contributed by atoms with Crippen LogP contribution in [0.2, 0.25) is 0 Å². The van der Waals surface area contributed by atoms with Gasteiger partial charge in [0.25, 0.3) is 0 Å². The van der Waals surface area contributed by atoms with E-state index in [9.17, 15) is 4.79 Å². The van der Waals surface area contributed by atoms with E-state index >= 15 is 0 Å². The average Bonchev–Trinajstić information content (AvgIpc) is 2.87. The molecular weight excluding hydrogens is 264 g/mol. The summed E-state index contributed by atoms with van der Waals surface area (Å²) in [4.78, 5) is 14.6. The Morgan fingerprint density at radius 3 is 3.00 bits per heavy atom. The molecule has 19 heavy (non-hydrogen) atoms. The summed E-state index contributed by atoms with van der Waals surface area (Å²) < 4.78 is 5.56. The summed E-state index contributed by atoms with van der Waals surface area (Å²) in [5.74, 6) is -0.442. The van der Waals surface area contributed by atoms with E-state index in [1.807, 2.05) is 13.0 Å². The van der Waals surface area contributed by atoms with Crippen LogP contribution in [0.1, 0.15) is 26.6 Å². The predicted molar refractivity (Wildman–Crippen MR) is 69.3 cm³/mol. The molecule has 0 saturated carbocycles. The van der Waals surface area contributed by atoms with E-state index in [0.717, 1.165) is 16.9 Å².